The van der Waals surface area contributed by atoms with Crippen LogP contribution in [0.2, 0.25) is 0 Å². The second kappa shape index (κ2) is 9.00. The Labute approximate surface area is 156 Å². The van der Waals surface area contributed by atoms with E-state index < -0.39 is 6.36 Å². The molecule has 2 aromatic rings. The predicted molar refractivity (Wildman–Crippen MR) is 96.5 cm³/mol. The Morgan fingerprint density at radius 1 is 1.04 bits per heavy atom. The number of carbonyl (C=O) groups is 2. The first-order valence-electron chi connectivity index (χ1n) is 7.28. The molecule has 0 saturated carbocycles. The first-order chi connectivity index (χ1) is 12.2. The summed E-state index contributed by atoms with van der Waals surface area (Å²) in [7, 11) is 0. The summed E-state index contributed by atoms with van der Waals surface area (Å²) in [4.78, 5) is 23.4. The van der Waals surface area contributed by atoms with E-state index in [2.05, 4.69) is 9.46 Å². The van der Waals surface area contributed by atoms with Crippen molar-refractivity contribution in [1.82, 2.24) is 0 Å². The molecule has 0 bridgehead atoms. The largest absolute Gasteiger partial charge is 0.573 e. The molecular weight excluding hydrogens is 387 g/mol. The van der Waals surface area contributed by atoms with E-state index in [1.165, 1.54) is 43.1 Å². The molecule has 0 heterocycles. The summed E-state index contributed by atoms with van der Waals surface area (Å²) in [6, 6.07) is 12.2. The molecule has 9 heteroatoms. The zero-order valence-corrected chi connectivity index (χ0v) is 15.1. The summed E-state index contributed by atoms with van der Waals surface area (Å²) in [5, 5.41) is -0.111. The fourth-order valence-electron chi connectivity index (χ4n) is 1.80. The molecule has 26 heavy (non-hydrogen) atoms. The minimum absolute atomic E-state index is 0.100. The molecule has 0 spiro atoms. The van der Waals surface area contributed by atoms with E-state index in [-0.39, 0.29) is 22.4 Å². The quantitative estimate of drug-likeness (QED) is 0.510. The second-order valence-corrected chi connectivity index (χ2v) is 7.04. The lowest BCUT2D eigenvalue weighted by Crippen LogP contribution is -2.16. The molecular formula is C17H14F3NO3S2. The number of benzene rings is 2. The van der Waals surface area contributed by atoms with Crippen LogP contribution >= 0.6 is 23.7 Å². The van der Waals surface area contributed by atoms with Gasteiger partial charge in [-0.25, -0.2) is 0 Å². The number of hydrogen-bond donors (Lipinski definition) is 1. The van der Waals surface area contributed by atoms with Gasteiger partial charge in [0.15, 0.2) is 10.9 Å². The summed E-state index contributed by atoms with van der Waals surface area (Å²) in [6.45, 7) is 1.41. The molecule has 138 valence electrons. The number of anilines is 1. The van der Waals surface area contributed by atoms with Gasteiger partial charge in [-0.2, -0.15) is 0 Å². The van der Waals surface area contributed by atoms with E-state index >= 15 is 0 Å². The highest BCUT2D eigenvalue weighted by Gasteiger charge is 2.30. The van der Waals surface area contributed by atoms with Crippen molar-refractivity contribution >= 4 is 40.3 Å². The number of ether oxygens (including phenoxy) is 1. The summed E-state index contributed by atoms with van der Waals surface area (Å²) in [6.07, 6.45) is -4.71. The molecule has 0 fully saturated rings. The number of carbonyl (C=O) groups excluding carboxylic acids is 2. The number of thioether (sulfide) groups is 1. The van der Waals surface area contributed by atoms with Crippen LogP contribution in [0.25, 0.3) is 0 Å². The molecule has 0 aliphatic heterocycles. The summed E-state index contributed by atoms with van der Waals surface area (Å²) in [5.41, 5.74) is 1.23. The Bertz CT molecular complexity index is 762. The third-order valence-electron chi connectivity index (χ3n) is 2.96. The Morgan fingerprint density at radius 2 is 1.65 bits per heavy atom. The summed E-state index contributed by atoms with van der Waals surface area (Å²) >= 11 is 2.17. The topological polar surface area (TPSA) is 55.4 Å². The number of Topliss-reactive ketones (excluding diaryl/α,β-unsaturated/α-hetero) is 1. The highest BCUT2D eigenvalue weighted by Crippen LogP contribution is 2.27. The van der Waals surface area contributed by atoms with Crippen molar-refractivity contribution in [3.8, 4) is 5.75 Å². The van der Waals surface area contributed by atoms with Crippen LogP contribution in [0.15, 0.2) is 53.4 Å². The lowest BCUT2D eigenvalue weighted by atomic mass is 10.1. The molecule has 0 atom stereocenters. The van der Waals surface area contributed by atoms with Crippen LogP contribution in [0, 0.1) is 0 Å². The first-order valence-corrected chi connectivity index (χ1v) is 9.08. The molecule has 0 radical (unpaired) electrons. The number of ketones is 1. The van der Waals surface area contributed by atoms with Gasteiger partial charge in [-0.05, 0) is 60.5 Å². The van der Waals surface area contributed by atoms with Crippen LogP contribution in [-0.2, 0) is 4.79 Å². The van der Waals surface area contributed by atoms with Crippen LogP contribution in [-0.4, -0.2) is 23.0 Å². The maximum absolute atomic E-state index is 12.1. The van der Waals surface area contributed by atoms with Gasteiger partial charge >= 0.3 is 6.36 Å². The Balaban J connectivity index is 1.87. The van der Waals surface area contributed by atoms with Gasteiger partial charge in [0.05, 0.1) is 5.75 Å². The van der Waals surface area contributed by atoms with Crippen LogP contribution in [0.5, 0.6) is 5.75 Å². The van der Waals surface area contributed by atoms with Crippen molar-refractivity contribution in [2.75, 3.05) is 10.5 Å². The predicted octanol–water partition coefficient (Wildman–Crippen LogP) is 5.17. The Hall–Kier alpha value is -2.13. The molecule has 0 amide bonds. The van der Waals surface area contributed by atoms with E-state index in [4.69, 9.17) is 0 Å². The number of alkyl halides is 3. The third-order valence-corrected chi connectivity index (χ3v) is 4.62. The number of halogens is 3. The van der Waals surface area contributed by atoms with Gasteiger partial charge < -0.3 is 9.46 Å². The van der Waals surface area contributed by atoms with Crippen LogP contribution < -0.4 is 9.46 Å². The van der Waals surface area contributed by atoms with E-state index in [1.807, 2.05) is 0 Å². The van der Waals surface area contributed by atoms with E-state index in [1.54, 1.807) is 24.3 Å². The van der Waals surface area contributed by atoms with Crippen LogP contribution in [0.1, 0.15) is 17.3 Å². The van der Waals surface area contributed by atoms with Gasteiger partial charge in [0.1, 0.15) is 5.75 Å². The lowest BCUT2D eigenvalue weighted by molar-refractivity contribution is -0.274. The van der Waals surface area contributed by atoms with E-state index in [0.29, 0.717) is 10.5 Å². The minimum atomic E-state index is -4.71. The van der Waals surface area contributed by atoms with Gasteiger partial charge in [-0.3, -0.25) is 9.59 Å². The Morgan fingerprint density at radius 3 is 2.19 bits per heavy atom. The maximum Gasteiger partial charge on any atom is 0.573 e. The van der Waals surface area contributed by atoms with Crippen molar-refractivity contribution in [3.05, 3.63) is 54.1 Å². The Kier molecular flexibility index (Phi) is 6.98. The third kappa shape index (κ3) is 7.01. The summed E-state index contributed by atoms with van der Waals surface area (Å²) < 4.78 is 43.2. The van der Waals surface area contributed by atoms with Gasteiger partial charge in [-0.15, -0.1) is 13.2 Å². The molecule has 0 aliphatic rings. The van der Waals surface area contributed by atoms with Gasteiger partial charge in [0.2, 0.25) is 0 Å². The van der Waals surface area contributed by atoms with Gasteiger partial charge in [0, 0.05) is 23.1 Å². The van der Waals surface area contributed by atoms with E-state index in [0.717, 1.165) is 17.4 Å². The highest BCUT2D eigenvalue weighted by atomic mass is 32.2. The monoisotopic (exact) mass is 401 g/mol. The number of nitrogens with one attached hydrogen (secondary N) is 1. The fourth-order valence-corrected chi connectivity index (χ4v) is 2.95. The zero-order chi connectivity index (χ0) is 19.2. The van der Waals surface area contributed by atoms with Gasteiger partial charge in [0.25, 0.3) is 0 Å². The van der Waals surface area contributed by atoms with Crippen molar-refractivity contribution in [2.24, 2.45) is 0 Å². The molecule has 2 aromatic carbocycles. The smallest absolute Gasteiger partial charge is 0.406 e. The molecule has 0 aliphatic carbocycles. The summed E-state index contributed by atoms with van der Waals surface area (Å²) in [5.74, 6) is -0.318. The maximum atomic E-state index is 12.1. The normalized spacial score (nSPS) is 11.1. The van der Waals surface area contributed by atoms with Crippen molar-refractivity contribution in [3.63, 3.8) is 0 Å². The lowest BCUT2D eigenvalue weighted by Gasteiger charge is -2.10. The average Bonchev–Trinajstić information content (AvgIpc) is 2.58. The minimum Gasteiger partial charge on any atom is -0.406 e. The SMILES string of the molecule is CC(=O)SCC(=O)c1ccc(NSc2ccc(OC(F)(F)F)cc2)cc1. The molecule has 0 unspecified atom stereocenters. The zero-order valence-electron chi connectivity index (χ0n) is 13.5. The second-order valence-electron chi connectivity index (χ2n) is 5.00. The number of rotatable bonds is 7. The molecule has 2 rings (SSSR count). The molecule has 1 N–H and O–H groups in total. The van der Waals surface area contributed by atoms with Crippen molar-refractivity contribution in [2.45, 2.75) is 18.2 Å². The van der Waals surface area contributed by atoms with Gasteiger partial charge in [-0.1, -0.05) is 11.8 Å². The van der Waals surface area contributed by atoms with Crippen LogP contribution in [0.3, 0.4) is 0 Å². The average molecular weight is 401 g/mol. The van der Waals surface area contributed by atoms with Crippen molar-refractivity contribution < 1.29 is 27.5 Å². The highest BCUT2D eigenvalue weighted by molar-refractivity contribution is 8.14. The van der Waals surface area contributed by atoms with Crippen LogP contribution in [0.4, 0.5) is 18.9 Å². The number of hydrogen-bond acceptors (Lipinski definition) is 6. The van der Waals surface area contributed by atoms with Crippen molar-refractivity contribution in [1.29, 1.82) is 0 Å². The standard InChI is InChI=1S/C17H14F3NO3S2/c1-11(22)25-10-16(23)12-2-4-13(5-3-12)21-26-15-8-6-14(7-9-15)24-17(18,19)20/h2-9,21H,10H2,1H3. The first kappa shape index (κ1) is 20.2. The molecule has 0 aromatic heterocycles. The molecule has 4 nitrogen and oxygen atoms in total. The fraction of sp³-hybridized carbons (Fsp3) is 0.176. The van der Waals surface area contributed by atoms with E-state index in [9.17, 15) is 22.8 Å². The molecule has 0 saturated heterocycles.